The molecule has 3 rings (SSSR count). The lowest BCUT2D eigenvalue weighted by Crippen LogP contribution is -2.61. The van der Waals surface area contributed by atoms with E-state index in [0.717, 1.165) is 0 Å². The highest BCUT2D eigenvalue weighted by molar-refractivity contribution is 5.99. The van der Waals surface area contributed by atoms with E-state index in [9.17, 15) is 24.6 Å². The second-order valence-corrected chi connectivity index (χ2v) is 6.75. The molecule has 136 valence electrons. The Kier molecular flexibility index (Phi) is 4.51. The Labute approximate surface area is 144 Å². The van der Waals surface area contributed by atoms with Crippen molar-refractivity contribution in [1.82, 2.24) is 15.5 Å². The molecule has 0 spiro atoms. The van der Waals surface area contributed by atoms with Crippen molar-refractivity contribution >= 4 is 23.6 Å². The van der Waals surface area contributed by atoms with E-state index in [1.165, 1.54) is 11.8 Å². The molecule has 2 amide bonds. The normalized spacial score (nSPS) is 28.9. The molecule has 0 aromatic heterocycles. The van der Waals surface area contributed by atoms with Gasteiger partial charge in [-0.15, -0.1) is 0 Å². The molecule has 0 radical (unpaired) electrons. The van der Waals surface area contributed by atoms with Crippen LogP contribution in [0.3, 0.4) is 0 Å². The van der Waals surface area contributed by atoms with E-state index in [1.807, 2.05) is 0 Å². The molecule has 9 nitrogen and oxygen atoms in total. The van der Waals surface area contributed by atoms with Crippen molar-refractivity contribution in [1.29, 1.82) is 0 Å². The number of amidine groups is 1. The van der Waals surface area contributed by atoms with Crippen LogP contribution in [0, 0.1) is 5.92 Å². The number of carbonyl (C=O) groups is 3. The fourth-order valence-corrected chi connectivity index (χ4v) is 3.82. The van der Waals surface area contributed by atoms with Crippen LogP contribution in [0.4, 0.5) is 0 Å². The van der Waals surface area contributed by atoms with Crippen molar-refractivity contribution in [3.63, 3.8) is 0 Å². The first-order valence-electron chi connectivity index (χ1n) is 8.30. The van der Waals surface area contributed by atoms with Crippen molar-refractivity contribution in [2.24, 2.45) is 10.9 Å². The Hall–Kier alpha value is -2.42. The van der Waals surface area contributed by atoms with Crippen molar-refractivity contribution in [3.8, 4) is 0 Å². The molecule has 9 heteroatoms. The fraction of sp³-hybridized carbons (Fsp3) is 0.625. The number of nitrogens with one attached hydrogen (secondary N) is 2. The van der Waals surface area contributed by atoms with Crippen molar-refractivity contribution in [3.05, 3.63) is 11.3 Å². The summed E-state index contributed by atoms with van der Waals surface area (Å²) in [6.45, 7) is 3.78. The third-order valence-corrected chi connectivity index (χ3v) is 4.89. The number of hydrogen-bond donors (Lipinski definition) is 4. The summed E-state index contributed by atoms with van der Waals surface area (Å²) < 4.78 is 0. The molecule has 1 fully saturated rings. The van der Waals surface area contributed by atoms with Crippen LogP contribution in [-0.4, -0.2) is 70.0 Å². The predicted molar refractivity (Wildman–Crippen MR) is 87.6 cm³/mol. The van der Waals surface area contributed by atoms with Crippen LogP contribution in [0.25, 0.3) is 0 Å². The van der Waals surface area contributed by atoms with Gasteiger partial charge in [0.2, 0.25) is 11.8 Å². The highest BCUT2D eigenvalue weighted by Crippen LogP contribution is 2.44. The summed E-state index contributed by atoms with van der Waals surface area (Å²) >= 11 is 0. The first-order valence-corrected chi connectivity index (χ1v) is 8.30. The highest BCUT2D eigenvalue weighted by Gasteiger charge is 2.56. The molecule has 0 unspecified atom stereocenters. The number of β-lactam (4-membered cyclic amide) rings is 1. The standard InChI is InChI=1S/C16H22N4O5/c1-7(21)13-11-4-9(14(16(24)25)20(11)15(13)23)3-10-5-18-12(19-10)6-17-8(2)22/h7,10-11,13,21H,3-6H2,1-2H3,(H,17,22)(H,18,19)(H,24,25)/t7-,10-,11-,13-/m1/s1. The van der Waals surface area contributed by atoms with Gasteiger partial charge in [-0.1, -0.05) is 0 Å². The van der Waals surface area contributed by atoms with Gasteiger partial charge in [0, 0.05) is 6.92 Å². The maximum atomic E-state index is 12.2. The van der Waals surface area contributed by atoms with Gasteiger partial charge in [-0.25, -0.2) is 4.79 Å². The summed E-state index contributed by atoms with van der Waals surface area (Å²) in [5, 5.41) is 25.1. The van der Waals surface area contributed by atoms with E-state index in [0.29, 0.717) is 37.3 Å². The highest BCUT2D eigenvalue weighted by atomic mass is 16.4. The summed E-state index contributed by atoms with van der Waals surface area (Å²) in [4.78, 5) is 40.4. The second-order valence-electron chi connectivity index (χ2n) is 6.75. The van der Waals surface area contributed by atoms with Gasteiger partial charge in [0.1, 0.15) is 11.5 Å². The summed E-state index contributed by atoms with van der Waals surface area (Å²) in [5.74, 6) is -1.46. The quantitative estimate of drug-likeness (QED) is 0.447. The Morgan fingerprint density at radius 3 is 2.80 bits per heavy atom. The van der Waals surface area contributed by atoms with Crippen molar-refractivity contribution in [2.45, 2.75) is 44.9 Å². The average Bonchev–Trinajstić information content (AvgIpc) is 3.08. The van der Waals surface area contributed by atoms with Gasteiger partial charge in [0.25, 0.3) is 0 Å². The van der Waals surface area contributed by atoms with Crippen molar-refractivity contribution in [2.75, 3.05) is 13.1 Å². The van der Waals surface area contributed by atoms with Gasteiger partial charge in [-0.3, -0.25) is 14.6 Å². The lowest BCUT2D eigenvalue weighted by atomic mass is 9.82. The molecule has 0 saturated carbocycles. The summed E-state index contributed by atoms with van der Waals surface area (Å²) in [7, 11) is 0. The molecule has 3 aliphatic rings. The molecule has 25 heavy (non-hydrogen) atoms. The van der Waals surface area contributed by atoms with Gasteiger partial charge in [-0.05, 0) is 25.3 Å². The summed E-state index contributed by atoms with van der Waals surface area (Å²) in [6.07, 6.45) is 0.129. The zero-order valence-electron chi connectivity index (χ0n) is 14.2. The number of rotatable bonds is 6. The first-order chi connectivity index (χ1) is 11.8. The van der Waals surface area contributed by atoms with E-state index in [-0.39, 0.29) is 29.6 Å². The Balaban J connectivity index is 1.66. The molecule has 3 aliphatic heterocycles. The van der Waals surface area contributed by atoms with Crippen LogP contribution in [0.5, 0.6) is 0 Å². The van der Waals surface area contributed by atoms with Crippen LogP contribution in [0.15, 0.2) is 16.3 Å². The van der Waals surface area contributed by atoms with E-state index in [1.54, 1.807) is 6.92 Å². The Morgan fingerprint density at radius 2 is 2.20 bits per heavy atom. The lowest BCUT2D eigenvalue weighted by molar-refractivity contribution is -0.161. The molecule has 0 aromatic rings. The molecular weight excluding hydrogens is 328 g/mol. The second kappa shape index (κ2) is 6.47. The Morgan fingerprint density at radius 1 is 1.48 bits per heavy atom. The van der Waals surface area contributed by atoms with E-state index < -0.39 is 18.0 Å². The van der Waals surface area contributed by atoms with Crippen LogP contribution >= 0.6 is 0 Å². The van der Waals surface area contributed by atoms with E-state index in [4.69, 9.17) is 0 Å². The number of hydrogen-bond acceptors (Lipinski definition) is 6. The number of aliphatic hydroxyl groups is 1. The zero-order chi connectivity index (χ0) is 18.3. The van der Waals surface area contributed by atoms with Crippen LogP contribution < -0.4 is 10.6 Å². The SMILES string of the molecule is CC(=O)NCC1=NC[C@@H](CC2=C(C(=O)O)N3C(=O)[C@H]([C@@H](C)O)[C@H]3C2)N1. The minimum atomic E-state index is -1.12. The third-order valence-electron chi connectivity index (χ3n) is 4.89. The minimum Gasteiger partial charge on any atom is -0.477 e. The fourth-order valence-electron chi connectivity index (χ4n) is 3.82. The molecule has 4 atom stereocenters. The molecule has 4 N–H and O–H groups in total. The van der Waals surface area contributed by atoms with Crippen LogP contribution in [0.2, 0.25) is 0 Å². The molecule has 0 aromatic carbocycles. The summed E-state index contributed by atoms with van der Waals surface area (Å²) in [5.41, 5.74) is 0.742. The molecule has 0 bridgehead atoms. The van der Waals surface area contributed by atoms with Gasteiger partial charge in [-0.2, -0.15) is 0 Å². The number of nitrogens with zero attached hydrogens (tertiary/aromatic N) is 2. The number of carboxylic acids is 1. The predicted octanol–water partition coefficient (Wildman–Crippen LogP) is -1.17. The number of aliphatic carboxylic acids is 1. The summed E-state index contributed by atoms with van der Waals surface area (Å²) in [6, 6.07) is -0.332. The maximum absolute atomic E-state index is 12.2. The molecule has 3 heterocycles. The molecular formula is C16H22N4O5. The van der Waals surface area contributed by atoms with Crippen molar-refractivity contribution < 1.29 is 24.6 Å². The monoisotopic (exact) mass is 350 g/mol. The smallest absolute Gasteiger partial charge is 0.352 e. The van der Waals surface area contributed by atoms with Gasteiger partial charge >= 0.3 is 5.97 Å². The first kappa shape index (κ1) is 17.4. The minimum absolute atomic E-state index is 0.0454. The van der Waals surface area contributed by atoms with Gasteiger partial charge in [0.15, 0.2) is 0 Å². The topological polar surface area (TPSA) is 131 Å². The molecule has 1 saturated heterocycles. The average molecular weight is 350 g/mol. The third kappa shape index (κ3) is 3.11. The number of aliphatic hydroxyl groups excluding tert-OH is 1. The number of amides is 2. The van der Waals surface area contributed by atoms with Crippen LogP contribution in [-0.2, 0) is 14.4 Å². The Bertz CT molecular complexity index is 684. The number of aliphatic imine (C=N–C) groups is 1. The molecule has 0 aliphatic carbocycles. The number of carboxylic acid groups (broad SMARTS) is 1. The van der Waals surface area contributed by atoms with Crippen LogP contribution in [0.1, 0.15) is 26.7 Å². The van der Waals surface area contributed by atoms with Gasteiger partial charge in [0.05, 0.1) is 37.2 Å². The number of fused-ring (bicyclic) bond motifs is 1. The van der Waals surface area contributed by atoms with Gasteiger partial charge < -0.3 is 25.7 Å². The number of carbonyl (C=O) groups excluding carboxylic acids is 2. The van der Waals surface area contributed by atoms with E-state index >= 15 is 0 Å². The maximum Gasteiger partial charge on any atom is 0.352 e. The van der Waals surface area contributed by atoms with E-state index in [2.05, 4.69) is 15.6 Å². The largest absolute Gasteiger partial charge is 0.477 e. The lowest BCUT2D eigenvalue weighted by Gasteiger charge is -2.44. The zero-order valence-corrected chi connectivity index (χ0v) is 14.2.